The van der Waals surface area contributed by atoms with Crippen LogP contribution >= 0.6 is 11.8 Å². The van der Waals surface area contributed by atoms with E-state index in [9.17, 15) is 14.4 Å². The molecule has 0 spiro atoms. The van der Waals surface area contributed by atoms with Crippen LogP contribution in [0.2, 0.25) is 0 Å². The fourth-order valence-electron chi connectivity index (χ4n) is 2.45. The van der Waals surface area contributed by atoms with E-state index in [0.29, 0.717) is 10.4 Å². The Labute approximate surface area is 155 Å². The molecule has 7 nitrogen and oxygen atoms in total. The van der Waals surface area contributed by atoms with E-state index >= 15 is 0 Å². The Morgan fingerprint density at radius 1 is 0.962 bits per heavy atom. The molecule has 0 aromatic carbocycles. The van der Waals surface area contributed by atoms with Crippen molar-refractivity contribution >= 4 is 35.2 Å². The Morgan fingerprint density at radius 2 is 1.62 bits per heavy atom. The molecule has 0 fully saturated rings. The second-order valence-corrected chi connectivity index (χ2v) is 6.03. The van der Waals surface area contributed by atoms with Crippen molar-refractivity contribution in [2.75, 3.05) is 25.6 Å². The van der Waals surface area contributed by atoms with E-state index in [0.717, 1.165) is 11.8 Å². The van der Waals surface area contributed by atoms with Gasteiger partial charge in [0.15, 0.2) is 0 Å². The minimum Gasteiger partial charge on any atom is -0.465 e. The summed E-state index contributed by atoms with van der Waals surface area (Å²) in [6, 6.07) is 5.21. The lowest BCUT2D eigenvalue weighted by Crippen LogP contribution is -2.12. The highest BCUT2D eigenvalue weighted by atomic mass is 32.2. The molecule has 0 aliphatic heterocycles. The van der Waals surface area contributed by atoms with Gasteiger partial charge in [0.05, 0.1) is 41.5 Å². The van der Waals surface area contributed by atoms with Gasteiger partial charge in [0.25, 0.3) is 0 Å². The average molecular weight is 379 g/mol. The van der Waals surface area contributed by atoms with E-state index in [-0.39, 0.29) is 36.8 Å². The molecule has 0 atom stereocenters. The van der Waals surface area contributed by atoms with Crippen LogP contribution in [0.5, 0.6) is 0 Å². The van der Waals surface area contributed by atoms with Gasteiger partial charge < -0.3 is 18.6 Å². The van der Waals surface area contributed by atoms with E-state index in [1.165, 1.54) is 0 Å². The van der Waals surface area contributed by atoms with Gasteiger partial charge in [-0.15, -0.1) is 11.8 Å². The van der Waals surface area contributed by atoms with Crippen molar-refractivity contribution in [1.82, 2.24) is 4.40 Å². The molecule has 26 heavy (non-hydrogen) atoms. The zero-order valence-electron chi connectivity index (χ0n) is 14.9. The van der Waals surface area contributed by atoms with Gasteiger partial charge in [-0.2, -0.15) is 0 Å². The lowest BCUT2D eigenvalue weighted by Gasteiger charge is -2.07. The van der Waals surface area contributed by atoms with Crippen LogP contribution < -0.4 is 0 Å². The van der Waals surface area contributed by atoms with Crippen LogP contribution in [0.15, 0.2) is 29.3 Å². The van der Waals surface area contributed by atoms with Crippen molar-refractivity contribution in [1.29, 1.82) is 0 Å². The molecule has 0 N–H and O–H groups in total. The zero-order chi connectivity index (χ0) is 19.1. The van der Waals surface area contributed by atoms with Crippen LogP contribution in [-0.2, 0) is 19.0 Å². The molecule has 0 aliphatic carbocycles. The Balaban J connectivity index is 2.60. The number of pyridine rings is 1. The molecule has 2 aromatic rings. The van der Waals surface area contributed by atoms with Crippen LogP contribution in [0.1, 0.15) is 41.6 Å². The smallest absolute Gasteiger partial charge is 0.356 e. The molecular formula is C18H21NO6S. The van der Waals surface area contributed by atoms with E-state index in [1.807, 2.05) is 0 Å². The van der Waals surface area contributed by atoms with Crippen molar-refractivity contribution in [3.8, 4) is 0 Å². The van der Waals surface area contributed by atoms with Gasteiger partial charge in [-0.1, -0.05) is 6.07 Å². The summed E-state index contributed by atoms with van der Waals surface area (Å²) in [7, 11) is 0. The largest absolute Gasteiger partial charge is 0.465 e. The predicted molar refractivity (Wildman–Crippen MR) is 96.7 cm³/mol. The monoisotopic (exact) mass is 379 g/mol. The van der Waals surface area contributed by atoms with Crippen molar-refractivity contribution in [3.05, 3.63) is 35.7 Å². The summed E-state index contributed by atoms with van der Waals surface area (Å²) in [5, 5.41) is 0. The Morgan fingerprint density at radius 3 is 2.27 bits per heavy atom. The first-order chi connectivity index (χ1) is 12.5. The van der Waals surface area contributed by atoms with E-state index in [4.69, 9.17) is 14.2 Å². The molecule has 140 valence electrons. The van der Waals surface area contributed by atoms with E-state index < -0.39 is 17.9 Å². The number of nitrogens with zero attached hydrogens (tertiary/aromatic N) is 1. The Bertz CT molecular complexity index is 758. The third-order valence-electron chi connectivity index (χ3n) is 3.39. The lowest BCUT2D eigenvalue weighted by atomic mass is 10.2. The van der Waals surface area contributed by atoms with Crippen LogP contribution in [-0.4, -0.2) is 47.9 Å². The highest BCUT2D eigenvalue weighted by Crippen LogP contribution is 2.34. The van der Waals surface area contributed by atoms with E-state index in [2.05, 4.69) is 0 Å². The SMILES string of the molecule is CCOC(=O)CSc1c(C(=O)OCC)c2ccccn2c1C(=O)OCC. The van der Waals surface area contributed by atoms with Crippen molar-refractivity contribution in [2.45, 2.75) is 25.7 Å². The van der Waals surface area contributed by atoms with Gasteiger partial charge in [-0.25, -0.2) is 9.59 Å². The van der Waals surface area contributed by atoms with Crippen LogP contribution in [0, 0.1) is 0 Å². The number of rotatable bonds is 8. The second kappa shape index (κ2) is 9.28. The second-order valence-electron chi connectivity index (χ2n) is 5.04. The van der Waals surface area contributed by atoms with Gasteiger partial charge in [-0.3, -0.25) is 4.79 Å². The van der Waals surface area contributed by atoms with Crippen LogP contribution in [0.4, 0.5) is 0 Å². The zero-order valence-corrected chi connectivity index (χ0v) is 15.8. The maximum Gasteiger partial charge on any atom is 0.356 e. The summed E-state index contributed by atoms with van der Waals surface area (Å²) in [6.45, 7) is 5.75. The minimum atomic E-state index is -0.574. The summed E-state index contributed by atoms with van der Waals surface area (Å²) in [4.78, 5) is 37.2. The molecule has 8 heteroatoms. The van der Waals surface area contributed by atoms with Gasteiger partial charge in [0, 0.05) is 6.20 Å². The topological polar surface area (TPSA) is 83.3 Å². The van der Waals surface area contributed by atoms with Crippen molar-refractivity contribution < 1.29 is 28.6 Å². The molecular weight excluding hydrogens is 358 g/mol. The number of fused-ring (bicyclic) bond motifs is 1. The van der Waals surface area contributed by atoms with Crippen LogP contribution in [0.25, 0.3) is 5.52 Å². The number of carbonyl (C=O) groups is 3. The van der Waals surface area contributed by atoms with Gasteiger partial charge >= 0.3 is 17.9 Å². The number of carbonyl (C=O) groups excluding carboxylic acids is 3. The summed E-state index contributed by atoms with van der Waals surface area (Å²) in [5.74, 6) is -1.60. The first-order valence-corrected chi connectivity index (χ1v) is 9.29. The number of hydrogen-bond donors (Lipinski definition) is 0. The molecule has 0 aliphatic rings. The quantitative estimate of drug-likeness (QED) is 0.396. The maximum absolute atomic E-state index is 12.5. The molecule has 0 radical (unpaired) electrons. The van der Waals surface area contributed by atoms with Crippen LogP contribution in [0.3, 0.4) is 0 Å². The van der Waals surface area contributed by atoms with Gasteiger partial charge in [0.2, 0.25) is 0 Å². The maximum atomic E-state index is 12.5. The summed E-state index contributed by atoms with van der Waals surface area (Å²) in [6.07, 6.45) is 1.67. The number of esters is 3. The number of hydrogen-bond acceptors (Lipinski definition) is 7. The summed E-state index contributed by atoms with van der Waals surface area (Å²) in [5.41, 5.74) is 0.949. The highest BCUT2D eigenvalue weighted by Gasteiger charge is 2.29. The Kier molecular flexibility index (Phi) is 7.08. The molecule has 2 heterocycles. The standard InChI is InChI=1S/C18H21NO6S/c1-4-23-13(20)11-26-16-14(17(21)24-5-2)12-9-7-8-10-19(12)15(16)18(22)25-6-3/h7-10H,4-6,11H2,1-3H3. The molecule has 0 unspecified atom stereocenters. The number of ether oxygens (including phenoxy) is 3. The lowest BCUT2D eigenvalue weighted by molar-refractivity contribution is -0.139. The number of thioether (sulfide) groups is 1. The van der Waals surface area contributed by atoms with E-state index in [1.54, 1.807) is 49.6 Å². The number of aromatic nitrogens is 1. The molecule has 0 saturated heterocycles. The Hall–Kier alpha value is -2.48. The highest BCUT2D eigenvalue weighted by molar-refractivity contribution is 8.00. The third-order valence-corrected chi connectivity index (χ3v) is 4.45. The summed E-state index contributed by atoms with van der Waals surface area (Å²) >= 11 is 1.06. The van der Waals surface area contributed by atoms with Gasteiger partial charge in [0.1, 0.15) is 5.69 Å². The van der Waals surface area contributed by atoms with Crippen molar-refractivity contribution in [2.24, 2.45) is 0 Å². The average Bonchev–Trinajstić information content (AvgIpc) is 2.95. The fraction of sp³-hybridized carbons (Fsp3) is 0.389. The molecule has 0 amide bonds. The van der Waals surface area contributed by atoms with Crippen molar-refractivity contribution in [3.63, 3.8) is 0 Å². The fourth-order valence-corrected chi connectivity index (χ4v) is 3.45. The molecule has 2 aromatic heterocycles. The third kappa shape index (κ3) is 4.19. The minimum absolute atomic E-state index is 0.0382. The summed E-state index contributed by atoms with van der Waals surface area (Å²) < 4.78 is 16.8. The normalized spacial score (nSPS) is 10.6. The predicted octanol–water partition coefficient (Wildman–Crippen LogP) is 2.95. The van der Waals surface area contributed by atoms with Gasteiger partial charge in [-0.05, 0) is 32.9 Å². The molecule has 2 rings (SSSR count). The molecule has 0 bridgehead atoms. The first kappa shape index (κ1) is 19.8. The first-order valence-electron chi connectivity index (χ1n) is 8.30. The molecule has 0 saturated carbocycles.